The molecule has 1 aliphatic heterocycles. The van der Waals surface area contributed by atoms with Gasteiger partial charge in [0, 0.05) is 17.8 Å². The number of rotatable bonds is 6. The molecule has 0 saturated carbocycles. The molecule has 7 nitrogen and oxygen atoms in total. The number of fused-ring (bicyclic) bond motifs is 1. The minimum absolute atomic E-state index is 0.0629. The lowest BCUT2D eigenvalue weighted by molar-refractivity contribution is -0.139. The quantitative estimate of drug-likeness (QED) is 0.816. The number of nitrogens with one attached hydrogen (secondary N) is 1. The molecule has 0 fully saturated rings. The molecule has 0 saturated heterocycles. The second-order valence-corrected chi connectivity index (χ2v) is 6.32. The van der Waals surface area contributed by atoms with Gasteiger partial charge in [-0.1, -0.05) is 18.2 Å². The zero-order valence-electron chi connectivity index (χ0n) is 14.9. The first-order valence-electron chi connectivity index (χ1n) is 8.57. The number of amides is 2. The van der Waals surface area contributed by atoms with Crippen molar-refractivity contribution >= 4 is 29.2 Å². The van der Waals surface area contributed by atoms with Crippen molar-refractivity contribution in [1.29, 1.82) is 0 Å². The minimum atomic E-state index is -1.06. The first kappa shape index (κ1) is 18.4. The van der Waals surface area contributed by atoms with Crippen LogP contribution in [0.4, 0.5) is 11.4 Å². The third kappa shape index (κ3) is 4.44. The third-order valence-electron chi connectivity index (χ3n) is 4.33. The number of para-hydroxylation sites is 1. The van der Waals surface area contributed by atoms with Gasteiger partial charge in [-0.05, 0) is 48.7 Å². The van der Waals surface area contributed by atoms with E-state index in [9.17, 15) is 14.4 Å². The fourth-order valence-corrected chi connectivity index (χ4v) is 3.01. The number of aryl methyl sites for hydroxylation is 2. The van der Waals surface area contributed by atoms with E-state index in [4.69, 9.17) is 9.84 Å². The van der Waals surface area contributed by atoms with Gasteiger partial charge in [0.1, 0.15) is 12.3 Å². The molecule has 3 rings (SSSR count). The van der Waals surface area contributed by atoms with E-state index < -0.39 is 12.6 Å². The highest BCUT2D eigenvalue weighted by molar-refractivity contribution is 6.04. The van der Waals surface area contributed by atoms with Crippen molar-refractivity contribution in [1.82, 2.24) is 0 Å². The zero-order valence-corrected chi connectivity index (χ0v) is 14.9. The van der Waals surface area contributed by atoms with Gasteiger partial charge in [0.05, 0.1) is 0 Å². The van der Waals surface area contributed by atoms with E-state index in [1.165, 1.54) is 4.90 Å². The number of carbonyl (C=O) groups excluding carboxylic acids is 2. The second kappa shape index (κ2) is 7.90. The molecule has 2 N–H and O–H groups in total. The summed E-state index contributed by atoms with van der Waals surface area (Å²) in [4.78, 5) is 36.8. The van der Waals surface area contributed by atoms with Gasteiger partial charge in [0.25, 0.3) is 0 Å². The molecule has 0 bridgehead atoms. The average molecular weight is 368 g/mol. The standard InChI is InChI=1S/C20H20N2O5/c1-13-10-15(27-12-20(25)26)7-8-16(13)21-18(23)11-22-17-5-3-2-4-14(17)6-9-19(22)24/h2-5,7-8,10H,6,9,11-12H2,1H3,(H,21,23)(H,25,26). The summed E-state index contributed by atoms with van der Waals surface area (Å²) in [6.45, 7) is 1.29. The second-order valence-electron chi connectivity index (χ2n) is 6.32. The first-order valence-corrected chi connectivity index (χ1v) is 8.57. The Kier molecular flexibility index (Phi) is 5.40. The van der Waals surface area contributed by atoms with E-state index in [-0.39, 0.29) is 18.4 Å². The smallest absolute Gasteiger partial charge is 0.341 e. The Balaban J connectivity index is 1.68. The fraction of sp³-hybridized carbons (Fsp3) is 0.250. The summed E-state index contributed by atoms with van der Waals surface area (Å²) in [6.07, 6.45) is 1.07. The maximum atomic E-state index is 12.5. The van der Waals surface area contributed by atoms with E-state index in [1.807, 2.05) is 24.3 Å². The highest BCUT2D eigenvalue weighted by atomic mass is 16.5. The molecular formula is C20H20N2O5. The molecule has 140 valence electrons. The first-order chi connectivity index (χ1) is 12.9. The Morgan fingerprint density at radius 1 is 1.19 bits per heavy atom. The highest BCUT2D eigenvalue weighted by Gasteiger charge is 2.25. The van der Waals surface area contributed by atoms with Gasteiger partial charge in [-0.2, -0.15) is 0 Å². The molecule has 2 aromatic carbocycles. The van der Waals surface area contributed by atoms with E-state index in [1.54, 1.807) is 25.1 Å². The van der Waals surface area contributed by atoms with Crippen molar-refractivity contribution < 1.29 is 24.2 Å². The molecule has 2 aromatic rings. The van der Waals surface area contributed by atoms with Crippen molar-refractivity contribution in [2.24, 2.45) is 0 Å². The summed E-state index contributed by atoms with van der Waals surface area (Å²) < 4.78 is 5.12. The zero-order chi connectivity index (χ0) is 19.4. The van der Waals surface area contributed by atoms with E-state index >= 15 is 0 Å². The number of anilines is 2. The van der Waals surface area contributed by atoms with Crippen LogP contribution in [0, 0.1) is 6.92 Å². The van der Waals surface area contributed by atoms with Gasteiger partial charge < -0.3 is 20.1 Å². The maximum absolute atomic E-state index is 12.5. The molecule has 0 atom stereocenters. The Morgan fingerprint density at radius 3 is 2.70 bits per heavy atom. The predicted octanol–water partition coefficient (Wildman–Crippen LogP) is 2.38. The number of hydrogen-bond acceptors (Lipinski definition) is 4. The van der Waals surface area contributed by atoms with Crippen molar-refractivity contribution in [3.8, 4) is 5.75 Å². The monoisotopic (exact) mass is 368 g/mol. The van der Waals surface area contributed by atoms with Gasteiger partial charge in [0.2, 0.25) is 11.8 Å². The van der Waals surface area contributed by atoms with Crippen LogP contribution in [0.2, 0.25) is 0 Å². The summed E-state index contributed by atoms with van der Waals surface area (Å²) in [6, 6.07) is 12.5. The van der Waals surface area contributed by atoms with Crippen LogP contribution in [0.15, 0.2) is 42.5 Å². The summed E-state index contributed by atoms with van der Waals surface area (Å²) in [7, 11) is 0. The molecule has 0 spiro atoms. The Labute approximate surface area is 156 Å². The van der Waals surface area contributed by atoms with E-state index in [2.05, 4.69) is 5.32 Å². The molecule has 7 heteroatoms. The molecule has 27 heavy (non-hydrogen) atoms. The average Bonchev–Trinajstić information content (AvgIpc) is 2.64. The van der Waals surface area contributed by atoms with Crippen LogP contribution in [0.5, 0.6) is 5.75 Å². The maximum Gasteiger partial charge on any atom is 0.341 e. The minimum Gasteiger partial charge on any atom is -0.482 e. The van der Waals surface area contributed by atoms with Crippen LogP contribution in [0.1, 0.15) is 17.5 Å². The number of benzene rings is 2. The summed E-state index contributed by atoms with van der Waals surface area (Å²) in [5, 5.41) is 11.4. The molecule has 0 unspecified atom stereocenters. The topological polar surface area (TPSA) is 95.9 Å². The molecule has 0 radical (unpaired) electrons. The largest absolute Gasteiger partial charge is 0.482 e. The number of aliphatic carboxylic acids is 1. The van der Waals surface area contributed by atoms with Crippen LogP contribution in [-0.2, 0) is 20.8 Å². The lowest BCUT2D eigenvalue weighted by Gasteiger charge is -2.28. The predicted molar refractivity (Wildman–Crippen MR) is 100 cm³/mol. The van der Waals surface area contributed by atoms with Crippen LogP contribution < -0.4 is 15.0 Å². The van der Waals surface area contributed by atoms with Gasteiger partial charge in [-0.15, -0.1) is 0 Å². The Hall–Kier alpha value is -3.35. The molecule has 1 aliphatic rings. The molecule has 0 aromatic heterocycles. The fourth-order valence-electron chi connectivity index (χ4n) is 3.01. The highest BCUT2D eigenvalue weighted by Crippen LogP contribution is 2.27. The number of ether oxygens (including phenoxy) is 1. The Morgan fingerprint density at radius 2 is 1.96 bits per heavy atom. The van der Waals surface area contributed by atoms with Crippen molar-refractivity contribution in [2.75, 3.05) is 23.4 Å². The number of hydrogen-bond donors (Lipinski definition) is 2. The summed E-state index contributed by atoms with van der Waals surface area (Å²) in [5.41, 5.74) is 3.15. The van der Waals surface area contributed by atoms with E-state index in [0.717, 1.165) is 16.8 Å². The summed E-state index contributed by atoms with van der Waals surface area (Å²) in [5.74, 6) is -1.02. The van der Waals surface area contributed by atoms with Crippen LogP contribution in [-0.4, -0.2) is 36.0 Å². The number of carboxylic acid groups (broad SMARTS) is 1. The van der Waals surface area contributed by atoms with Crippen LogP contribution in [0.25, 0.3) is 0 Å². The lowest BCUT2D eigenvalue weighted by Crippen LogP contribution is -2.40. The molecule has 2 amide bonds. The van der Waals surface area contributed by atoms with Gasteiger partial charge in [-0.3, -0.25) is 9.59 Å². The van der Waals surface area contributed by atoms with Crippen molar-refractivity contribution in [3.05, 3.63) is 53.6 Å². The van der Waals surface area contributed by atoms with Crippen molar-refractivity contribution in [3.63, 3.8) is 0 Å². The molecular weight excluding hydrogens is 348 g/mol. The van der Waals surface area contributed by atoms with Gasteiger partial charge >= 0.3 is 5.97 Å². The molecule has 0 aliphatic carbocycles. The number of carbonyl (C=O) groups is 3. The van der Waals surface area contributed by atoms with Crippen molar-refractivity contribution in [2.45, 2.75) is 19.8 Å². The lowest BCUT2D eigenvalue weighted by atomic mass is 10.0. The third-order valence-corrected chi connectivity index (χ3v) is 4.33. The normalized spacial score (nSPS) is 13.1. The Bertz CT molecular complexity index is 894. The van der Waals surface area contributed by atoms with Gasteiger partial charge in [-0.25, -0.2) is 4.79 Å². The van der Waals surface area contributed by atoms with Crippen LogP contribution >= 0.6 is 0 Å². The summed E-state index contributed by atoms with van der Waals surface area (Å²) >= 11 is 0. The SMILES string of the molecule is Cc1cc(OCC(=O)O)ccc1NC(=O)CN1C(=O)CCc2ccccc21. The van der Waals surface area contributed by atoms with E-state index in [0.29, 0.717) is 24.3 Å². The molecule has 1 heterocycles. The number of nitrogens with zero attached hydrogens (tertiary/aromatic N) is 1. The number of carboxylic acids is 1. The van der Waals surface area contributed by atoms with Crippen LogP contribution in [0.3, 0.4) is 0 Å². The van der Waals surface area contributed by atoms with Gasteiger partial charge in [0.15, 0.2) is 6.61 Å².